The fourth-order valence-corrected chi connectivity index (χ4v) is 2.03. The molecule has 0 radical (unpaired) electrons. The molecule has 0 amide bonds. The maximum absolute atomic E-state index is 11.9. The summed E-state index contributed by atoms with van der Waals surface area (Å²) in [6, 6.07) is -0.608. The van der Waals surface area contributed by atoms with Gasteiger partial charge in [0.2, 0.25) is 0 Å². The average Bonchev–Trinajstić information content (AvgIpc) is 2.03. The highest BCUT2D eigenvalue weighted by Gasteiger charge is 2.46. The first kappa shape index (κ1) is 11.7. The van der Waals surface area contributed by atoms with E-state index in [4.69, 9.17) is 0 Å². The fourth-order valence-electron chi connectivity index (χ4n) is 1.23. The van der Waals surface area contributed by atoms with Crippen LogP contribution < -0.4 is 10.0 Å². The third-order valence-electron chi connectivity index (χ3n) is 1.97. The van der Waals surface area contributed by atoms with E-state index < -0.39 is 21.6 Å². The number of nitrogens with one attached hydrogen (secondary N) is 2. The molecule has 1 saturated heterocycles. The van der Waals surface area contributed by atoms with Crippen LogP contribution in [0.3, 0.4) is 0 Å². The van der Waals surface area contributed by atoms with Gasteiger partial charge in [-0.05, 0) is 25.9 Å². The third kappa shape index (κ3) is 2.82. The summed E-state index contributed by atoms with van der Waals surface area (Å²) in [5.74, 6) is 0. The highest BCUT2D eigenvalue weighted by atomic mass is 32.2. The van der Waals surface area contributed by atoms with Crippen molar-refractivity contribution in [3.05, 3.63) is 0 Å². The van der Waals surface area contributed by atoms with Crippen molar-refractivity contribution in [1.29, 1.82) is 0 Å². The maximum Gasteiger partial charge on any atom is 0.511 e. The van der Waals surface area contributed by atoms with E-state index in [0.717, 1.165) is 0 Å². The van der Waals surface area contributed by atoms with Crippen LogP contribution in [0.2, 0.25) is 0 Å². The Morgan fingerprint density at radius 3 is 2.14 bits per heavy atom. The van der Waals surface area contributed by atoms with Gasteiger partial charge in [0.1, 0.15) is 0 Å². The van der Waals surface area contributed by atoms with Crippen molar-refractivity contribution in [3.63, 3.8) is 0 Å². The molecule has 4 nitrogen and oxygen atoms in total. The molecule has 0 bridgehead atoms. The minimum atomic E-state index is -5.21. The van der Waals surface area contributed by atoms with E-state index >= 15 is 0 Å². The number of halogens is 3. The van der Waals surface area contributed by atoms with Crippen molar-refractivity contribution in [2.45, 2.75) is 24.4 Å². The molecule has 0 spiro atoms. The fraction of sp³-hybridized carbons (Fsp3) is 1.00. The maximum atomic E-state index is 11.9. The van der Waals surface area contributed by atoms with E-state index in [2.05, 4.69) is 5.32 Å². The van der Waals surface area contributed by atoms with Crippen molar-refractivity contribution in [1.82, 2.24) is 10.0 Å². The Kier molecular flexibility index (Phi) is 3.38. The number of alkyl halides is 3. The third-order valence-corrected chi connectivity index (χ3v) is 3.22. The number of piperidine rings is 1. The number of hydrogen-bond acceptors (Lipinski definition) is 3. The molecule has 14 heavy (non-hydrogen) atoms. The van der Waals surface area contributed by atoms with Crippen molar-refractivity contribution < 1.29 is 21.6 Å². The summed E-state index contributed by atoms with van der Waals surface area (Å²) in [5, 5.41) is 2.92. The standard InChI is InChI=1S/C6H11F3N2O2S/c7-6(8,9)14(12,13)11-5-1-3-10-4-2-5/h5,10-11H,1-4H2. The highest BCUT2D eigenvalue weighted by molar-refractivity contribution is 7.90. The molecule has 0 unspecified atom stereocenters. The van der Waals surface area contributed by atoms with Crippen LogP contribution >= 0.6 is 0 Å². The Balaban J connectivity index is 2.58. The second-order valence-electron chi connectivity index (χ2n) is 3.09. The van der Waals surface area contributed by atoms with Crippen LogP contribution in [0.1, 0.15) is 12.8 Å². The van der Waals surface area contributed by atoms with Crippen molar-refractivity contribution in [2.24, 2.45) is 0 Å². The van der Waals surface area contributed by atoms with Crippen LogP contribution in [-0.2, 0) is 10.0 Å². The molecule has 1 rings (SSSR count). The molecule has 0 atom stereocenters. The zero-order valence-electron chi connectivity index (χ0n) is 7.26. The number of hydrogen-bond donors (Lipinski definition) is 2. The smallest absolute Gasteiger partial charge is 0.317 e. The first-order chi connectivity index (χ1) is 6.33. The zero-order valence-corrected chi connectivity index (χ0v) is 8.08. The summed E-state index contributed by atoms with van der Waals surface area (Å²) >= 11 is 0. The Bertz CT molecular complexity index is 282. The van der Waals surface area contributed by atoms with Gasteiger partial charge in [-0.1, -0.05) is 0 Å². The second-order valence-corrected chi connectivity index (χ2v) is 4.80. The molecule has 0 aromatic carbocycles. The van der Waals surface area contributed by atoms with Gasteiger partial charge >= 0.3 is 15.5 Å². The van der Waals surface area contributed by atoms with Crippen LogP contribution in [0.5, 0.6) is 0 Å². The van der Waals surface area contributed by atoms with Gasteiger partial charge in [-0.15, -0.1) is 0 Å². The van der Waals surface area contributed by atoms with Crippen molar-refractivity contribution in [2.75, 3.05) is 13.1 Å². The molecule has 0 aromatic heterocycles. The summed E-state index contributed by atoms with van der Waals surface area (Å²) in [4.78, 5) is 0. The molecule has 2 N–H and O–H groups in total. The van der Waals surface area contributed by atoms with E-state index in [-0.39, 0.29) is 0 Å². The highest BCUT2D eigenvalue weighted by Crippen LogP contribution is 2.22. The van der Waals surface area contributed by atoms with Crippen molar-refractivity contribution in [3.8, 4) is 0 Å². The van der Waals surface area contributed by atoms with Gasteiger partial charge < -0.3 is 5.32 Å². The van der Waals surface area contributed by atoms with Crippen molar-refractivity contribution >= 4 is 10.0 Å². The average molecular weight is 232 g/mol. The lowest BCUT2D eigenvalue weighted by Crippen LogP contribution is -2.47. The van der Waals surface area contributed by atoms with Gasteiger partial charge in [0.05, 0.1) is 0 Å². The van der Waals surface area contributed by atoms with Crippen LogP contribution in [0.15, 0.2) is 0 Å². The second kappa shape index (κ2) is 4.03. The molecule has 1 heterocycles. The van der Waals surface area contributed by atoms with Crippen LogP contribution in [-0.4, -0.2) is 33.1 Å². The molecule has 1 aliphatic rings. The Labute approximate surface area is 79.9 Å². The lowest BCUT2D eigenvalue weighted by atomic mass is 10.1. The van der Waals surface area contributed by atoms with Gasteiger partial charge in [0.25, 0.3) is 0 Å². The van der Waals surface area contributed by atoms with E-state index in [1.54, 1.807) is 4.72 Å². The van der Waals surface area contributed by atoms with Gasteiger partial charge in [0.15, 0.2) is 0 Å². The quantitative estimate of drug-likeness (QED) is 0.714. The molecule has 0 saturated carbocycles. The summed E-state index contributed by atoms with van der Waals surface area (Å²) in [5.41, 5.74) is -5.21. The van der Waals surface area contributed by atoms with Crippen LogP contribution in [0.25, 0.3) is 0 Å². The van der Waals surface area contributed by atoms with E-state index in [9.17, 15) is 21.6 Å². The van der Waals surface area contributed by atoms with Crippen LogP contribution in [0, 0.1) is 0 Å². The van der Waals surface area contributed by atoms with Gasteiger partial charge in [-0.25, -0.2) is 13.1 Å². The zero-order chi connectivity index (χ0) is 10.8. The van der Waals surface area contributed by atoms with Gasteiger partial charge in [-0.3, -0.25) is 0 Å². The minimum Gasteiger partial charge on any atom is -0.317 e. The minimum absolute atomic E-state index is 0.384. The topological polar surface area (TPSA) is 58.2 Å². The molecule has 1 fully saturated rings. The molecule has 84 valence electrons. The molecular weight excluding hydrogens is 221 g/mol. The van der Waals surface area contributed by atoms with Crippen LogP contribution in [0.4, 0.5) is 13.2 Å². The number of rotatable bonds is 2. The SMILES string of the molecule is O=S(=O)(NC1CCNCC1)C(F)(F)F. The lowest BCUT2D eigenvalue weighted by molar-refractivity contribution is -0.0451. The largest absolute Gasteiger partial charge is 0.511 e. The Hall–Kier alpha value is -0.340. The Morgan fingerprint density at radius 1 is 1.21 bits per heavy atom. The summed E-state index contributed by atoms with van der Waals surface area (Å²) in [6.45, 7) is 1.07. The predicted molar refractivity (Wildman–Crippen MR) is 44.0 cm³/mol. The molecule has 0 aromatic rings. The summed E-state index contributed by atoms with van der Waals surface area (Å²) in [6.07, 6.45) is 0.768. The number of sulfonamides is 1. The molecule has 0 aliphatic carbocycles. The van der Waals surface area contributed by atoms with E-state index in [1.165, 1.54) is 0 Å². The normalized spacial score (nSPS) is 21.1. The first-order valence-corrected chi connectivity index (χ1v) is 5.60. The molecular formula is C6H11F3N2O2S. The monoisotopic (exact) mass is 232 g/mol. The van der Waals surface area contributed by atoms with E-state index in [0.29, 0.717) is 25.9 Å². The first-order valence-electron chi connectivity index (χ1n) is 4.12. The van der Waals surface area contributed by atoms with E-state index in [1.807, 2.05) is 0 Å². The molecule has 8 heteroatoms. The Morgan fingerprint density at radius 2 is 1.71 bits per heavy atom. The summed E-state index contributed by atoms with van der Waals surface area (Å²) in [7, 11) is -5.18. The predicted octanol–water partition coefficient (Wildman–Crippen LogP) is 0.178. The summed E-state index contributed by atoms with van der Waals surface area (Å²) < 4.78 is 58.7. The lowest BCUT2D eigenvalue weighted by Gasteiger charge is -2.23. The van der Waals surface area contributed by atoms with Gasteiger partial charge in [-0.2, -0.15) is 13.2 Å². The van der Waals surface area contributed by atoms with Gasteiger partial charge in [0, 0.05) is 6.04 Å². The molecule has 1 aliphatic heterocycles.